The summed E-state index contributed by atoms with van der Waals surface area (Å²) in [7, 11) is 1.57. The lowest BCUT2D eigenvalue weighted by Gasteiger charge is -2.06. The minimum absolute atomic E-state index is 0.0636. The summed E-state index contributed by atoms with van der Waals surface area (Å²) in [6.45, 7) is 2.64. The van der Waals surface area contributed by atoms with Crippen molar-refractivity contribution in [3.63, 3.8) is 0 Å². The minimum Gasteiger partial charge on any atom is -0.493 e. The van der Waals surface area contributed by atoms with Gasteiger partial charge in [-0.05, 0) is 31.8 Å². The van der Waals surface area contributed by atoms with Crippen molar-refractivity contribution in [2.45, 2.75) is 32.7 Å². The average molecular weight is 220 g/mol. The molecule has 0 aliphatic heterocycles. The molecule has 4 heteroatoms. The number of hydrogen-bond acceptors (Lipinski definition) is 3. The highest BCUT2D eigenvalue weighted by Gasteiger charge is 2.23. The van der Waals surface area contributed by atoms with Crippen LogP contribution in [0.4, 0.5) is 0 Å². The van der Waals surface area contributed by atoms with Crippen LogP contribution in [0.5, 0.6) is 5.75 Å². The number of nitrogens with zero attached hydrogens (tertiary/aromatic N) is 2. The Balaban J connectivity index is 2.37. The van der Waals surface area contributed by atoms with Gasteiger partial charge in [0.05, 0.1) is 13.3 Å². The van der Waals surface area contributed by atoms with Gasteiger partial charge in [-0.3, -0.25) is 9.48 Å². The summed E-state index contributed by atoms with van der Waals surface area (Å²) in [6.07, 6.45) is 6.57. The molecule has 0 N–H and O–H groups in total. The number of allylic oxidation sites excluding steroid dienone is 2. The minimum atomic E-state index is 0.0636. The topological polar surface area (TPSA) is 44.1 Å². The second-order valence-corrected chi connectivity index (χ2v) is 3.83. The van der Waals surface area contributed by atoms with Crippen molar-refractivity contribution in [3.8, 4) is 5.75 Å². The van der Waals surface area contributed by atoms with E-state index >= 15 is 0 Å². The number of ketones is 1. The molecule has 0 aromatic carbocycles. The van der Waals surface area contributed by atoms with Gasteiger partial charge in [0.1, 0.15) is 0 Å². The van der Waals surface area contributed by atoms with E-state index in [0.29, 0.717) is 18.0 Å². The van der Waals surface area contributed by atoms with E-state index in [4.69, 9.17) is 4.74 Å². The van der Waals surface area contributed by atoms with Crippen molar-refractivity contribution in [3.05, 3.63) is 23.5 Å². The zero-order valence-electron chi connectivity index (χ0n) is 9.69. The zero-order chi connectivity index (χ0) is 11.5. The Hall–Kier alpha value is -1.58. The van der Waals surface area contributed by atoms with Crippen LogP contribution in [0.3, 0.4) is 0 Å². The average Bonchev–Trinajstić information content (AvgIpc) is 2.96. The number of ether oxygens (including phenoxy) is 1. The first-order valence-electron chi connectivity index (χ1n) is 5.61. The number of Topliss-reactive ketones (excluding diaryl/α,β-unsaturated/α-hetero) is 1. The van der Waals surface area contributed by atoms with Gasteiger partial charge in [-0.25, -0.2) is 0 Å². The molecule has 0 saturated carbocycles. The molecule has 0 atom stereocenters. The van der Waals surface area contributed by atoms with Gasteiger partial charge < -0.3 is 4.74 Å². The van der Waals surface area contributed by atoms with Crippen molar-refractivity contribution in [1.29, 1.82) is 0 Å². The summed E-state index contributed by atoms with van der Waals surface area (Å²) >= 11 is 0. The Morgan fingerprint density at radius 3 is 3.00 bits per heavy atom. The lowest BCUT2D eigenvalue weighted by molar-refractivity contribution is 0.101. The lowest BCUT2D eigenvalue weighted by atomic mass is 10.1. The maximum atomic E-state index is 12.3. The standard InChI is InChI=1S/C12H16N2O2/c1-3-14-11(10(16-2)8-13-14)12(15)9-6-4-5-7-9/h6,8H,3-5,7H2,1-2H3. The van der Waals surface area contributed by atoms with E-state index in [1.54, 1.807) is 18.0 Å². The zero-order valence-corrected chi connectivity index (χ0v) is 9.69. The van der Waals surface area contributed by atoms with E-state index < -0.39 is 0 Å². The highest BCUT2D eigenvalue weighted by molar-refractivity contribution is 6.09. The molecule has 1 aliphatic rings. The first kappa shape index (κ1) is 10.9. The Labute approximate surface area is 94.9 Å². The predicted octanol–water partition coefficient (Wildman–Crippen LogP) is 2.20. The number of aromatic nitrogens is 2. The van der Waals surface area contributed by atoms with Crippen molar-refractivity contribution in [1.82, 2.24) is 9.78 Å². The number of rotatable bonds is 4. The molecule has 0 saturated heterocycles. The van der Waals surface area contributed by atoms with Gasteiger partial charge in [-0.15, -0.1) is 0 Å². The number of aryl methyl sites for hydroxylation is 1. The van der Waals surface area contributed by atoms with E-state index in [1.807, 2.05) is 13.0 Å². The van der Waals surface area contributed by atoms with Crippen molar-refractivity contribution in [2.24, 2.45) is 0 Å². The molecule has 4 nitrogen and oxygen atoms in total. The van der Waals surface area contributed by atoms with Crippen LogP contribution in [0.2, 0.25) is 0 Å². The van der Waals surface area contributed by atoms with Crippen molar-refractivity contribution in [2.75, 3.05) is 7.11 Å². The van der Waals surface area contributed by atoms with E-state index in [9.17, 15) is 4.79 Å². The smallest absolute Gasteiger partial charge is 0.210 e. The second-order valence-electron chi connectivity index (χ2n) is 3.83. The van der Waals surface area contributed by atoms with Gasteiger partial charge >= 0.3 is 0 Å². The molecule has 1 aliphatic carbocycles. The Morgan fingerprint density at radius 2 is 2.44 bits per heavy atom. The monoisotopic (exact) mass is 220 g/mol. The van der Waals surface area contributed by atoms with Crippen LogP contribution >= 0.6 is 0 Å². The van der Waals surface area contributed by atoms with Gasteiger partial charge in [-0.1, -0.05) is 6.08 Å². The summed E-state index contributed by atoms with van der Waals surface area (Å²) in [4.78, 5) is 12.3. The summed E-state index contributed by atoms with van der Waals surface area (Å²) in [5.74, 6) is 0.633. The molecule has 86 valence electrons. The van der Waals surface area contributed by atoms with Gasteiger partial charge in [-0.2, -0.15) is 5.10 Å². The molecule has 0 amide bonds. The number of carbonyl (C=O) groups is 1. The van der Waals surface area contributed by atoms with Crippen LogP contribution in [0.15, 0.2) is 17.8 Å². The molecule has 0 bridgehead atoms. The molecule has 0 fully saturated rings. The van der Waals surface area contributed by atoms with Gasteiger partial charge in [0.15, 0.2) is 11.4 Å². The fraction of sp³-hybridized carbons (Fsp3) is 0.500. The fourth-order valence-corrected chi connectivity index (χ4v) is 2.02. The molecular weight excluding hydrogens is 204 g/mol. The Bertz CT molecular complexity index is 411. The predicted molar refractivity (Wildman–Crippen MR) is 60.7 cm³/mol. The number of methoxy groups -OCH3 is 1. The van der Waals surface area contributed by atoms with Crippen LogP contribution in [-0.2, 0) is 6.54 Å². The number of hydrogen-bond donors (Lipinski definition) is 0. The molecular formula is C12H16N2O2. The third-order valence-electron chi connectivity index (χ3n) is 2.87. The third kappa shape index (κ3) is 1.75. The van der Waals surface area contributed by atoms with Crippen LogP contribution in [0.1, 0.15) is 36.7 Å². The number of carbonyl (C=O) groups excluding carboxylic acids is 1. The lowest BCUT2D eigenvalue weighted by Crippen LogP contribution is -2.12. The first-order chi connectivity index (χ1) is 7.77. The van der Waals surface area contributed by atoms with E-state index in [1.165, 1.54) is 0 Å². The molecule has 2 rings (SSSR count). The molecule has 16 heavy (non-hydrogen) atoms. The maximum absolute atomic E-state index is 12.3. The molecule has 1 aromatic rings. The molecule has 0 unspecified atom stereocenters. The maximum Gasteiger partial charge on any atom is 0.210 e. The fourth-order valence-electron chi connectivity index (χ4n) is 2.02. The quantitative estimate of drug-likeness (QED) is 0.731. The van der Waals surface area contributed by atoms with Crippen LogP contribution < -0.4 is 4.74 Å². The highest BCUT2D eigenvalue weighted by atomic mass is 16.5. The van der Waals surface area contributed by atoms with Gasteiger partial charge in [0, 0.05) is 6.54 Å². The van der Waals surface area contributed by atoms with Crippen molar-refractivity contribution >= 4 is 5.78 Å². The van der Waals surface area contributed by atoms with E-state index in [-0.39, 0.29) is 5.78 Å². The van der Waals surface area contributed by atoms with Crippen molar-refractivity contribution < 1.29 is 9.53 Å². The largest absolute Gasteiger partial charge is 0.493 e. The van der Waals surface area contributed by atoms with Crippen LogP contribution in [0.25, 0.3) is 0 Å². The van der Waals surface area contributed by atoms with E-state index in [2.05, 4.69) is 5.10 Å². The molecule has 1 aromatic heterocycles. The second kappa shape index (κ2) is 4.51. The highest BCUT2D eigenvalue weighted by Crippen LogP contribution is 2.26. The molecule has 0 radical (unpaired) electrons. The normalized spacial score (nSPS) is 15.0. The molecule has 0 spiro atoms. The summed E-state index contributed by atoms with van der Waals surface area (Å²) in [6, 6.07) is 0. The Morgan fingerprint density at radius 1 is 1.62 bits per heavy atom. The van der Waals surface area contributed by atoms with E-state index in [0.717, 1.165) is 24.8 Å². The first-order valence-corrected chi connectivity index (χ1v) is 5.61. The summed E-state index contributed by atoms with van der Waals surface area (Å²) < 4.78 is 6.87. The molecule has 1 heterocycles. The SMILES string of the molecule is CCn1ncc(OC)c1C(=O)C1=CCCC1. The van der Waals surface area contributed by atoms with Gasteiger partial charge in [0.25, 0.3) is 0 Å². The summed E-state index contributed by atoms with van der Waals surface area (Å²) in [5.41, 5.74) is 1.48. The Kier molecular flexibility index (Phi) is 3.08. The third-order valence-corrected chi connectivity index (χ3v) is 2.87. The van der Waals surface area contributed by atoms with Crippen LogP contribution in [0, 0.1) is 0 Å². The van der Waals surface area contributed by atoms with Gasteiger partial charge in [0.2, 0.25) is 5.78 Å². The van der Waals surface area contributed by atoms with Crippen LogP contribution in [-0.4, -0.2) is 22.7 Å². The summed E-state index contributed by atoms with van der Waals surface area (Å²) in [5, 5.41) is 4.14.